The van der Waals surface area contributed by atoms with Crippen molar-refractivity contribution in [2.24, 2.45) is 0 Å². The van der Waals surface area contributed by atoms with Crippen LogP contribution in [0.25, 0.3) is 5.65 Å². The van der Waals surface area contributed by atoms with Crippen LogP contribution in [0.4, 0.5) is 0 Å². The lowest BCUT2D eigenvalue weighted by Crippen LogP contribution is -2.44. The van der Waals surface area contributed by atoms with E-state index in [4.69, 9.17) is 9.47 Å². The molecule has 1 fully saturated rings. The van der Waals surface area contributed by atoms with Gasteiger partial charge in [-0.25, -0.2) is 9.50 Å². The van der Waals surface area contributed by atoms with Crippen molar-refractivity contribution in [3.63, 3.8) is 0 Å². The Morgan fingerprint density at radius 2 is 1.91 bits per heavy atom. The summed E-state index contributed by atoms with van der Waals surface area (Å²) >= 11 is 0. The lowest BCUT2D eigenvalue weighted by molar-refractivity contribution is -0.121. The molecule has 1 saturated heterocycles. The van der Waals surface area contributed by atoms with E-state index in [1.807, 2.05) is 50.4 Å². The van der Waals surface area contributed by atoms with E-state index in [0.717, 1.165) is 46.9 Å². The molecule has 7 nitrogen and oxygen atoms in total. The quantitative estimate of drug-likeness (QED) is 0.564. The van der Waals surface area contributed by atoms with Crippen molar-refractivity contribution in [3.05, 3.63) is 58.5 Å². The Balaban J connectivity index is 1.42. The smallest absolute Gasteiger partial charge is 0.220 e. The van der Waals surface area contributed by atoms with E-state index in [-0.39, 0.29) is 11.3 Å². The molecule has 0 bridgehead atoms. The van der Waals surface area contributed by atoms with Gasteiger partial charge in [0, 0.05) is 49.0 Å². The molecule has 1 aromatic carbocycles. The number of rotatable bonds is 8. The molecular weight excluding hydrogens is 416 g/mol. The fourth-order valence-electron chi connectivity index (χ4n) is 4.80. The first-order valence-electron chi connectivity index (χ1n) is 11.8. The van der Waals surface area contributed by atoms with Gasteiger partial charge in [-0.1, -0.05) is 12.1 Å². The number of nitrogens with one attached hydrogen (secondary N) is 1. The first-order valence-corrected chi connectivity index (χ1v) is 11.8. The molecule has 1 amide bonds. The van der Waals surface area contributed by atoms with Crippen LogP contribution in [-0.2, 0) is 21.4 Å². The molecule has 33 heavy (non-hydrogen) atoms. The molecule has 176 valence electrons. The van der Waals surface area contributed by atoms with E-state index in [0.29, 0.717) is 39.2 Å². The first kappa shape index (κ1) is 23.2. The SMILES string of the molecule is CCOc1ccc(C2(CNC(=O)CCc3c(C)nc4cc(C)nn4c3C)CCOCC2)cc1. The molecule has 3 heterocycles. The van der Waals surface area contributed by atoms with Gasteiger partial charge >= 0.3 is 0 Å². The van der Waals surface area contributed by atoms with Crippen molar-refractivity contribution in [1.82, 2.24) is 19.9 Å². The van der Waals surface area contributed by atoms with Gasteiger partial charge in [0.15, 0.2) is 5.65 Å². The summed E-state index contributed by atoms with van der Waals surface area (Å²) in [5.74, 6) is 0.929. The predicted molar refractivity (Wildman–Crippen MR) is 128 cm³/mol. The third kappa shape index (κ3) is 5.03. The van der Waals surface area contributed by atoms with Crippen LogP contribution in [0.1, 0.15) is 54.4 Å². The maximum atomic E-state index is 12.9. The largest absolute Gasteiger partial charge is 0.494 e. The van der Waals surface area contributed by atoms with Gasteiger partial charge in [0.1, 0.15) is 5.75 Å². The summed E-state index contributed by atoms with van der Waals surface area (Å²) in [5.41, 5.74) is 6.01. The number of carbonyl (C=O) groups excluding carboxylic acids is 1. The van der Waals surface area contributed by atoms with Crippen LogP contribution < -0.4 is 10.1 Å². The Morgan fingerprint density at radius 1 is 1.18 bits per heavy atom. The zero-order chi connectivity index (χ0) is 23.4. The number of benzene rings is 1. The van der Waals surface area contributed by atoms with Crippen LogP contribution in [0.3, 0.4) is 0 Å². The average molecular weight is 451 g/mol. The van der Waals surface area contributed by atoms with E-state index in [9.17, 15) is 4.79 Å². The van der Waals surface area contributed by atoms with Gasteiger partial charge in [-0.05, 0) is 70.2 Å². The Morgan fingerprint density at radius 3 is 2.61 bits per heavy atom. The topological polar surface area (TPSA) is 77.8 Å². The highest BCUT2D eigenvalue weighted by molar-refractivity contribution is 5.76. The first-order chi connectivity index (χ1) is 15.9. The summed E-state index contributed by atoms with van der Waals surface area (Å²) in [5, 5.41) is 7.75. The summed E-state index contributed by atoms with van der Waals surface area (Å²) in [6.07, 6.45) is 2.84. The lowest BCUT2D eigenvalue weighted by Gasteiger charge is -2.38. The Labute approximate surface area is 195 Å². The molecule has 0 unspecified atom stereocenters. The lowest BCUT2D eigenvalue weighted by atomic mass is 9.74. The van der Waals surface area contributed by atoms with Crippen molar-refractivity contribution in [2.45, 2.75) is 58.8 Å². The Hall–Kier alpha value is -2.93. The molecule has 1 aliphatic rings. The number of aryl methyl sites for hydroxylation is 3. The van der Waals surface area contributed by atoms with Gasteiger partial charge in [0.25, 0.3) is 0 Å². The number of hydrogen-bond acceptors (Lipinski definition) is 5. The molecule has 0 radical (unpaired) electrons. The number of hydrogen-bond donors (Lipinski definition) is 1. The molecule has 2 aromatic heterocycles. The molecule has 7 heteroatoms. The molecule has 0 aliphatic carbocycles. The maximum absolute atomic E-state index is 12.9. The number of aromatic nitrogens is 3. The summed E-state index contributed by atoms with van der Waals surface area (Å²) < 4.78 is 13.1. The monoisotopic (exact) mass is 450 g/mol. The van der Waals surface area contributed by atoms with E-state index < -0.39 is 0 Å². The normalized spacial score (nSPS) is 15.5. The second kappa shape index (κ2) is 9.91. The van der Waals surface area contributed by atoms with Gasteiger partial charge in [-0.2, -0.15) is 5.10 Å². The Kier molecular flexibility index (Phi) is 6.98. The predicted octanol–water partition coefficient (Wildman–Crippen LogP) is 3.85. The highest BCUT2D eigenvalue weighted by Gasteiger charge is 2.35. The van der Waals surface area contributed by atoms with Crippen molar-refractivity contribution < 1.29 is 14.3 Å². The van der Waals surface area contributed by atoms with E-state index in [2.05, 4.69) is 27.5 Å². The fourth-order valence-corrected chi connectivity index (χ4v) is 4.80. The minimum Gasteiger partial charge on any atom is -0.494 e. The number of carbonyl (C=O) groups is 1. The van der Waals surface area contributed by atoms with Crippen LogP contribution in [0.2, 0.25) is 0 Å². The molecule has 3 aromatic rings. The van der Waals surface area contributed by atoms with Gasteiger partial charge in [-0.15, -0.1) is 0 Å². The van der Waals surface area contributed by atoms with E-state index in [1.165, 1.54) is 5.56 Å². The van der Waals surface area contributed by atoms with Crippen LogP contribution in [0.15, 0.2) is 30.3 Å². The molecular formula is C26H34N4O3. The van der Waals surface area contributed by atoms with E-state index >= 15 is 0 Å². The van der Waals surface area contributed by atoms with Crippen LogP contribution >= 0.6 is 0 Å². The van der Waals surface area contributed by atoms with Crippen molar-refractivity contribution in [1.29, 1.82) is 0 Å². The zero-order valence-electron chi connectivity index (χ0n) is 20.1. The molecule has 0 saturated carbocycles. The summed E-state index contributed by atoms with van der Waals surface area (Å²) in [6.45, 7) is 10.7. The van der Waals surface area contributed by atoms with Gasteiger partial charge in [0.05, 0.1) is 12.3 Å². The highest BCUT2D eigenvalue weighted by atomic mass is 16.5. The molecule has 4 rings (SSSR count). The highest BCUT2D eigenvalue weighted by Crippen LogP contribution is 2.35. The second-order valence-corrected chi connectivity index (χ2v) is 8.94. The van der Waals surface area contributed by atoms with Crippen LogP contribution in [-0.4, -0.2) is 46.9 Å². The zero-order valence-corrected chi connectivity index (χ0v) is 20.1. The summed E-state index contributed by atoms with van der Waals surface area (Å²) in [7, 11) is 0. The fraction of sp³-hybridized carbons (Fsp3) is 0.500. The minimum absolute atomic E-state index is 0.0577. The molecule has 1 aliphatic heterocycles. The average Bonchev–Trinajstić information content (AvgIpc) is 3.19. The summed E-state index contributed by atoms with van der Waals surface area (Å²) in [6, 6.07) is 10.3. The number of nitrogens with zero attached hydrogens (tertiary/aromatic N) is 3. The number of ether oxygens (including phenoxy) is 2. The number of fused-ring (bicyclic) bond motifs is 1. The van der Waals surface area contributed by atoms with Gasteiger partial charge in [0.2, 0.25) is 5.91 Å². The third-order valence-corrected chi connectivity index (χ3v) is 6.74. The van der Waals surface area contributed by atoms with Crippen molar-refractivity contribution in [2.75, 3.05) is 26.4 Å². The van der Waals surface area contributed by atoms with E-state index in [1.54, 1.807) is 0 Å². The van der Waals surface area contributed by atoms with Gasteiger partial charge < -0.3 is 14.8 Å². The van der Waals surface area contributed by atoms with Crippen molar-refractivity contribution in [3.8, 4) is 5.75 Å². The standard InChI is InChI=1S/C26H34N4O3/c1-5-33-22-8-6-21(7-9-22)26(12-14-32-15-13-26)17-27-25(31)11-10-23-19(3)28-24-16-18(2)29-30(24)20(23)4/h6-9,16H,5,10-15,17H2,1-4H3,(H,27,31). The minimum atomic E-state index is -0.114. The molecule has 0 spiro atoms. The second-order valence-electron chi connectivity index (χ2n) is 8.94. The van der Waals surface area contributed by atoms with Gasteiger partial charge in [-0.3, -0.25) is 4.79 Å². The molecule has 1 N–H and O–H groups in total. The maximum Gasteiger partial charge on any atom is 0.220 e. The molecule has 0 atom stereocenters. The van der Waals surface area contributed by atoms with Crippen molar-refractivity contribution >= 4 is 11.6 Å². The van der Waals surface area contributed by atoms with Crippen LogP contribution in [0.5, 0.6) is 5.75 Å². The summed E-state index contributed by atoms with van der Waals surface area (Å²) in [4.78, 5) is 17.5. The Bertz CT molecular complexity index is 1110. The third-order valence-electron chi connectivity index (χ3n) is 6.74. The number of amides is 1. The van der Waals surface area contributed by atoms with Crippen LogP contribution in [0, 0.1) is 20.8 Å².